The van der Waals surface area contributed by atoms with Crippen LogP contribution >= 0.6 is 0 Å². The summed E-state index contributed by atoms with van der Waals surface area (Å²) < 4.78 is 14.3. The summed E-state index contributed by atoms with van der Waals surface area (Å²) >= 11 is 0. The molecule has 0 bridgehead atoms. The molecule has 1 aromatic carbocycles. The number of hydrogen-bond acceptors (Lipinski definition) is 2. The van der Waals surface area contributed by atoms with E-state index in [4.69, 9.17) is 0 Å². The number of piperidine rings is 1. The summed E-state index contributed by atoms with van der Waals surface area (Å²) in [5.41, 5.74) is 1.89. The molecule has 2 atom stereocenters. The molecule has 1 aliphatic rings. The number of anilines is 1. The van der Waals surface area contributed by atoms with E-state index >= 15 is 0 Å². The molecule has 2 unspecified atom stereocenters. The Morgan fingerprint density at radius 2 is 2.21 bits per heavy atom. The Morgan fingerprint density at radius 1 is 1.42 bits per heavy atom. The Balaban J connectivity index is 2.36. The van der Waals surface area contributed by atoms with Crippen molar-refractivity contribution in [2.45, 2.75) is 52.1 Å². The standard InChI is InChI=1S/C16H25FN2/c1-4-18-13(3)14-9-7-10-15(17)16(14)19-11-6-5-8-12(19)2/h7,9-10,12-13,18H,4-6,8,11H2,1-3H3. The van der Waals surface area contributed by atoms with Crippen LogP contribution in [-0.2, 0) is 0 Å². The lowest BCUT2D eigenvalue weighted by Gasteiger charge is -2.37. The zero-order chi connectivity index (χ0) is 13.8. The minimum absolute atomic E-state index is 0.0870. The Bertz CT molecular complexity index is 419. The van der Waals surface area contributed by atoms with Crippen LogP contribution in [0.3, 0.4) is 0 Å². The van der Waals surface area contributed by atoms with Crippen molar-refractivity contribution in [3.8, 4) is 0 Å². The van der Waals surface area contributed by atoms with Crippen molar-refractivity contribution in [2.24, 2.45) is 0 Å². The van der Waals surface area contributed by atoms with Crippen LogP contribution in [0.25, 0.3) is 0 Å². The lowest BCUT2D eigenvalue weighted by molar-refractivity contribution is 0.470. The summed E-state index contributed by atoms with van der Waals surface area (Å²) in [6.45, 7) is 8.25. The van der Waals surface area contributed by atoms with Gasteiger partial charge in [-0.25, -0.2) is 4.39 Å². The van der Waals surface area contributed by atoms with Crippen LogP contribution in [0.2, 0.25) is 0 Å². The van der Waals surface area contributed by atoms with Gasteiger partial charge in [0.15, 0.2) is 0 Å². The Hall–Kier alpha value is -1.09. The van der Waals surface area contributed by atoms with Crippen molar-refractivity contribution < 1.29 is 4.39 Å². The molecule has 1 aliphatic heterocycles. The lowest BCUT2D eigenvalue weighted by atomic mass is 9.98. The molecule has 106 valence electrons. The SMILES string of the molecule is CCNC(C)c1cccc(F)c1N1CCCCC1C. The molecular formula is C16H25FN2. The summed E-state index contributed by atoms with van der Waals surface area (Å²) in [7, 11) is 0. The van der Waals surface area contributed by atoms with Gasteiger partial charge in [-0.15, -0.1) is 0 Å². The third-order valence-electron chi connectivity index (χ3n) is 4.09. The normalized spacial score (nSPS) is 21.5. The molecule has 0 spiro atoms. The second-order valence-electron chi connectivity index (χ2n) is 5.50. The van der Waals surface area contributed by atoms with Crippen LogP contribution in [0.5, 0.6) is 0 Å². The topological polar surface area (TPSA) is 15.3 Å². The molecule has 2 nitrogen and oxygen atoms in total. The number of para-hydroxylation sites is 1. The molecule has 0 aromatic heterocycles. The molecule has 0 amide bonds. The number of hydrogen-bond donors (Lipinski definition) is 1. The third-order valence-corrected chi connectivity index (χ3v) is 4.09. The molecular weight excluding hydrogens is 239 g/mol. The largest absolute Gasteiger partial charge is 0.366 e. The molecule has 1 fully saturated rings. The highest BCUT2D eigenvalue weighted by Crippen LogP contribution is 2.33. The predicted octanol–water partition coefficient (Wildman–Crippen LogP) is 3.88. The van der Waals surface area contributed by atoms with Gasteiger partial charge in [0.2, 0.25) is 0 Å². The number of rotatable bonds is 4. The maximum absolute atomic E-state index is 14.3. The number of halogens is 1. The van der Waals surface area contributed by atoms with E-state index in [1.807, 2.05) is 12.1 Å². The van der Waals surface area contributed by atoms with Crippen LogP contribution in [-0.4, -0.2) is 19.1 Å². The minimum Gasteiger partial charge on any atom is -0.366 e. The molecule has 1 heterocycles. The van der Waals surface area contributed by atoms with E-state index in [-0.39, 0.29) is 11.9 Å². The molecule has 19 heavy (non-hydrogen) atoms. The first-order valence-corrected chi connectivity index (χ1v) is 7.43. The van der Waals surface area contributed by atoms with Gasteiger partial charge in [-0.1, -0.05) is 19.1 Å². The highest BCUT2D eigenvalue weighted by molar-refractivity contribution is 5.57. The van der Waals surface area contributed by atoms with Crippen molar-refractivity contribution in [2.75, 3.05) is 18.0 Å². The monoisotopic (exact) mass is 264 g/mol. The van der Waals surface area contributed by atoms with Crippen molar-refractivity contribution >= 4 is 5.69 Å². The summed E-state index contributed by atoms with van der Waals surface area (Å²) in [4.78, 5) is 2.25. The molecule has 3 heteroatoms. The molecule has 1 N–H and O–H groups in total. The van der Waals surface area contributed by atoms with E-state index < -0.39 is 0 Å². The van der Waals surface area contributed by atoms with Gasteiger partial charge in [0, 0.05) is 18.6 Å². The van der Waals surface area contributed by atoms with Crippen LogP contribution in [0.1, 0.15) is 51.6 Å². The van der Waals surface area contributed by atoms with Crippen molar-refractivity contribution in [3.63, 3.8) is 0 Å². The van der Waals surface area contributed by atoms with E-state index in [2.05, 4.69) is 31.0 Å². The zero-order valence-corrected chi connectivity index (χ0v) is 12.2. The van der Waals surface area contributed by atoms with E-state index in [0.717, 1.165) is 37.2 Å². The third kappa shape index (κ3) is 3.08. The van der Waals surface area contributed by atoms with Gasteiger partial charge >= 0.3 is 0 Å². The van der Waals surface area contributed by atoms with Crippen molar-refractivity contribution in [1.82, 2.24) is 5.32 Å². The van der Waals surface area contributed by atoms with Crippen LogP contribution in [0, 0.1) is 5.82 Å². The molecule has 0 saturated carbocycles. The summed E-state index contributed by atoms with van der Waals surface area (Å²) in [6, 6.07) is 6.06. The fourth-order valence-electron chi connectivity index (χ4n) is 3.03. The molecule has 1 aromatic rings. The van der Waals surface area contributed by atoms with Crippen molar-refractivity contribution in [1.29, 1.82) is 0 Å². The van der Waals surface area contributed by atoms with E-state index in [1.165, 1.54) is 6.42 Å². The summed E-state index contributed by atoms with van der Waals surface area (Å²) in [5, 5.41) is 3.39. The Morgan fingerprint density at radius 3 is 2.89 bits per heavy atom. The highest BCUT2D eigenvalue weighted by Gasteiger charge is 2.25. The highest BCUT2D eigenvalue weighted by atomic mass is 19.1. The Labute approximate surface area is 116 Å². The van der Waals surface area contributed by atoms with Gasteiger partial charge in [0.05, 0.1) is 5.69 Å². The first-order valence-electron chi connectivity index (χ1n) is 7.43. The fraction of sp³-hybridized carbons (Fsp3) is 0.625. The smallest absolute Gasteiger partial charge is 0.146 e. The van der Waals surface area contributed by atoms with E-state index in [0.29, 0.717) is 6.04 Å². The molecule has 0 aliphatic carbocycles. The molecule has 1 saturated heterocycles. The Kier molecular flexibility index (Phi) is 4.81. The molecule has 0 radical (unpaired) electrons. The number of nitrogens with one attached hydrogen (secondary N) is 1. The molecule has 2 rings (SSSR count). The minimum atomic E-state index is -0.0870. The first-order chi connectivity index (χ1) is 9.15. The van der Waals surface area contributed by atoms with E-state index in [9.17, 15) is 4.39 Å². The number of nitrogens with zero attached hydrogens (tertiary/aromatic N) is 1. The average Bonchev–Trinajstić information content (AvgIpc) is 2.40. The van der Waals surface area contributed by atoms with Gasteiger partial charge < -0.3 is 10.2 Å². The summed E-state index contributed by atoms with van der Waals surface area (Å²) in [6.07, 6.45) is 3.57. The van der Waals surface area contributed by atoms with E-state index in [1.54, 1.807) is 6.07 Å². The lowest BCUT2D eigenvalue weighted by Crippen LogP contribution is -2.39. The maximum atomic E-state index is 14.3. The zero-order valence-electron chi connectivity index (χ0n) is 12.2. The predicted molar refractivity (Wildman–Crippen MR) is 79.2 cm³/mol. The van der Waals surface area contributed by atoms with Crippen LogP contribution in [0.15, 0.2) is 18.2 Å². The summed E-state index contributed by atoms with van der Waals surface area (Å²) in [5.74, 6) is -0.0870. The fourth-order valence-corrected chi connectivity index (χ4v) is 3.03. The van der Waals surface area contributed by atoms with Gasteiger partial charge in [-0.3, -0.25) is 0 Å². The second kappa shape index (κ2) is 6.38. The van der Waals surface area contributed by atoms with Gasteiger partial charge in [-0.2, -0.15) is 0 Å². The average molecular weight is 264 g/mol. The van der Waals surface area contributed by atoms with Gasteiger partial charge in [-0.05, 0) is 51.3 Å². The van der Waals surface area contributed by atoms with Crippen LogP contribution in [0.4, 0.5) is 10.1 Å². The maximum Gasteiger partial charge on any atom is 0.146 e. The van der Waals surface area contributed by atoms with Crippen molar-refractivity contribution in [3.05, 3.63) is 29.6 Å². The van der Waals surface area contributed by atoms with Crippen LogP contribution < -0.4 is 10.2 Å². The first kappa shape index (κ1) is 14.3. The van der Waals surface area contributed by atoms with Gasteiger partial charge in [0.25, 0.3) is 0 Å². The van der Waals surface area contributed by atoms with Gasteiger partial charge in [0.1, 0.15) is 5.82 Å². The second-order valence-corrected chi connectivity index (χ2v) is 5.50. The number of benzene rings is 1. The quantitative estimate of drug-likeness (QED) is 0.888.